The van der Waals surface area contributed by atoms with Crippen molar-refractivity contribution in [3.63, 3.8) is 0 Å². The third-order valence-electron chi connectivity index (χ3n) is 7.44. The van der Waals surface area contributed by atoms with Crippen LogP contribution in [0.25, 0.3) is 0 Å². The fraction of sp³-hybridized carbons (Fsp3) is 0.161. The minimum Gasteiger partial charge on any atom is -0.508 e. The van der Waals surface area contributed by atoms with Crippen molar-refractivity contribution < 1.29 is 49.3 Å². The van der Waals surface area contributed by atoms with Crippen LogP contribution in [0.3, 0.4) is 0 Å². The first-order valence-electron chi connectivity index (χ1n) is 12.6. The lowest BCUT2D eigenvalue weighted by Gasteiger charge is -2.42. The highest BCUT2D eigenvalue weighted by Crippen LogP contribution is 2.53. The number of methoxy groups -OCH3 is 1. The molecule has 0 bridgehead atoms. The lowest BCUT2D eigenvalue weighted by Crippen LogP contribution is -2.45. The molecular formula is C31H24O10. The Morgan fingerprint density at radius 3 is 1.41 bits per heavy atom. The minimum absolute atomic E-state index is 0.0324. The molecule has 0 fully saturated rings. The molecule has 2 aliphatic heterocycles. The van der Waals surface area contributed by atoms with Crippen molar-refractivity contribution in [2.75, 3.05) is 7.11 Å². The van der Waals surface area contributed by atoms with Crippen molar-refractivity contribution in [2.24, 2.45) is 11.8 Å². The maximum Gasteiger partial charge on any atom is 0.178 e. The molecule has 4 atom stereocenters. The number of hydrogen-bond acceptors (Lipinski definition) is 10. The van der Waals surface area contributed by atoms with Crippen molar-refractivity contribution in [1.29, 1.82) is 0 Å². The van der Waals surface area contributed by atoms with Crippen LogP contribution in [-0.2, 0) is 0 Å². The lowest BCUT2D eigenvalue weighted by atomic mass is 9.69. The Labute approximate surface area is 233 Å². The molecule has 0 aromatic heterocycles. The second kappa shape index (κ2) is 9.67. The predicted octanol–water partition coefficient (Wildman–Crippen LogP) is 4.79. The fourth-order valence-corrected chi connectivity index (χ4v) is 5.59. The van der Waals surface area contributed by atoms with E-state index in [9.17, 15) is 35.1 Å². The molecule has 41 heavy (non-hydrogen) atoms. The zero-order chi connectivity index (χ0) is 29.0. The van der Waals surface area contributed by atoms with Gasteiger partial charge < -0.3 is 39.7 Å². The molecule has 0 saturated carbocycles. The number of carbonyl (C=O) groups excluding carboxylic acids is 2. The summed E-state index contributed by atoms with van der Waals surface area (Å²) in [4.78, 5) is 28.6. The van der Waals surface area contributed by atoms with Gasteiger partial charge >= 0.3 is 0 Å². The highest BCUT2D eigenvalue weighted by Gasteiger charge is 2.53. The Kier molecular flexibility index (Phi) is 6.10. The van der Waals surface area contributed by atoms with Crippen LogP contribution in [0.5, 0.6) is 46.0 Å². The Morgan fingerprint density at radius 1 is 0.585 bits per heavy atom. The third-order valence-corrected chi connectivity index (χ3v) is 7.44. The maximum atomic E-state index is 14.3. The molecule has 10 heteroatoms. The summed E-state index contributed by atoms with van der Waals surface area (Å²) >= 11 is 0. The summed E-state index contributed by atoms with van der Waals surface area (Å²) < 4.78 is 17.7. The van der Waals surface area contributed by atoms with Gasteiger partial charge in [-0.1, -0.05) is 24.3 Å². The van der Waals surface area contributed by atoms with E-state index in [4.69, 9.17) is 14.2 Å². The van der Waals surface area contributed by atoms with Crippen molar-refractivity contribution in [2.45, 2.75) is 12.2 Å². The van der Waals surface area contributed by atoms with E-state index in [1.165, 1.54) is 43.5 Å². The van der Waals surface area contributed by atoms with Gasteiger partial charge in [-0.25, -0.2) is 0 Å². The second-order valence-corrected chi connectivity index (χ2v) is 9.90. The van der Waals surface area contributed by atoms with Gasteiger partial charge in [-0.05, 0) is 35.4 Å². The Balaban J connectivity index is 1.58. The topological polar surface area (TPSA) is 163 Å². The number of phenols is 5. The largest absolute Gasteiger partial charge is 0.508 e. The molecule has 2 aliphatic rings. The average molecular weight is 557 g/mol. The fourth-order valence-electron chi connectivity index (χ4n) is 5.59. The van der Waals surface area contributed by atoms with Gasteiger partial charge in [-0.2, -0.15) is 0 Å². The van der Waals surface area contributed by atoms with Crippen LogP contribution < -0.4 is 14.2 Å². The first-order valence-corrected chi connectivity index (χ1v) is 12.6. The van der Waals surface area contributed by atoms with E-state index in [1.807, 2.05) is 0 Å². The van der Waals surface area contributed by atoms with Crippen LogP contribution in [0.2, 0.25) is 0 Å². The van der Waals surface area contributed by atoms with Crippen LogP contribution in [-0.4, -0.2) is 44.2 Å². The number of Topliss-reactive ketones (excluding diaryl/α,β-unsaturated/α-hetero) is 2. The molecule has 208 valence electrons. The number of benzene rings is 4. The number of rotatable bonds is 4. The van der Waals surface area contributed by atoms with Gasteiger partial charge in [0.1, 0.15) is 69.3 Å². The van der Waals surface area contributed by atoms with E-state index in [1.54, 1.807) is 24.3 Å². The van der Waals surface area contributed by atoms with Crippen LogP contribution in [0.15, 0.2) is 72.8 Å². The van der Waals surface area contributed by atoms with E-state index >= 15 is 0 Å². The van der Waals surface area contributed by atoms with Gasteiger partial charge in [0, 0.05) is 24.3 Å². The van der Waals surface area contributed by atoms with E-state index in [-0.39, 0.29) is 39.9 Å². The molecule has 2 heterocycles. The SMILES string of the molecule is COc1ccc([C@@H]2Oc3cc(O)cc(O)c3C(=O)[C@@H]2[C@@H]2C(=O)c3c(O)cc(O)cc3O[C@H]2c2ccc(O)cc2)cc1. The predicted molar refractivity (Wildman–Crippen MR) is 143 cm³/mol. The molecule has 10 nitrogen and oxygen atoms in total. The van der Waals surface area contributed by atoms with Crippen LogP contribution in [0.4, 0.5) is 0 Å². The maximum absolute atomic E-state index is 14.3. The summed E-state index contributed by atoms with van der Waals surface area (Å²) in [5, 5.41) is 51.4. The Bertz CT molecular complexity index is 1680. The zero-order valence-electron chi connectivity index (χ0n) is 21.5. The highest BCUT2D eigenvalue weighted by atomic mass is 16.5. The van der Waals surface area contributed by atoms with E-state index in [2.05, 4.69) is 0 Å². The number of phenolic OH excluding ortho intramolecular Hbond substituents is 5. The van der Waals surface area contributed by atoms with Gasteiger partial charge in [0.25, 0.3) is 0 Å². The number of ketones is 2. The number of aromatic hydroxyl groups is 5. The summed E-state index contributed by atoms with van der Waals surface area (Å²) in [5.41, 5.74) is 0.493. The average Bonchev–Trinajstić information content (AvgIpc) is 2.93. The van der Waals surface area contributed by atoms with Crippen molar-refractivity contribution in [3.05, 3.63) is 95.1 Å². The second-order valence-electron chi connectivity index (χ2n) is 9.90. The van der Waals surface area contributed by atoms with Crippen molar-refractivity contribution in [1.82, 2.24) is 0 Å². The van der Waals surface area contributed by atoms with Gasteiger partial charge in [-0.15, -0.1) is 0 Å². The smallest absolute Gasteiger partial charge is 0.178 e. The first-order chi connectivity index (χ1) is 19.7. The van der Waals surface area contributed by atoms with Crippen molar-refractivity contribution >= 4 is 11.6 Å². The Hall–Kier alpha value is -5.38. The summed E-state index contributed by atoms with van der Waals surface area (Å²) in [7, 11) is 1.50. The number of carbonyl (C=O) groups is 2. The quantitative estimate of drug-likeness (QED) is 0.236. The van der Waals surface area contributed by atoms with Gasteiger partial charge in [0.15, 0.2) is 11.6 Å². The molecule has 0 aliphatic carbocycles. The standard InChI is InChI=1S/C31H24O10/c1-39-19-8-4-15(5-9-19)31-27(29(38)25-21(36)11-18(34)13-23(25)41-31)26-28(37)24-20(35)10-17(33)12-22(24)40-30(26)14-2-6-16(32)7-3-14/h2-13,26-27,30-36H,1H3/t26-,27+,30+,31+/m1/s1. The molecule has 0 amide bonds. The summed E-state index contributed by atoms with van der Waals surface area (Å²) in [6.45, 7) is 0. The molecule has 4 aromatic rings. The number of fused-ring (bicyclic) bond motifs is 2. The van der Waals surface area contributed by atoms with Gasteiger partial charge in [-0.3, -0.25) is 9.59 Å². The van der Waals surface area contributed by atoms with Crippen LogP contribution in [0.1, 0.15) is 44.1 Å². The first kappa shape index (κ1) is 25.9. The summed E-state index contributed by atoms with van der Waals surface area (Å²) in [6, 6.07) is 17.0. The minimum atomic E-state index is -1.30. The molecule has 0 saturated heterocycles. The normalized spacial score (nSPS) is 21.3. The molecule has 5 N–H and O–H groups in total. The van der Waals surface area contributed by atoms with Crippen LogP contribution in [0, 0.1) is 11.8 Å². The molecule has 4 aromatic carbocycles. The molecule has 0 unspecified atom stereocenters. The molecule has 0 radical (unpaired) electrons. The van der Waals surface area contributed by atoms with Crippen LogP contribution >= 0.6 is 0 Å². The lowest BCUT2D eigenvalue weighted by molar-refractivity contribution is 0.0129. The zero-order valence-corrected chi connectivity index (χ0v) is 21.5. The van der Waals surface area contributed by atoms with Gasteiger partial charge in [0.05, 0.1) is 18.9 Å². The molecule has 6 rings (SSSR count). The van der Waals surface area contributed by atoms with E-state index in [0.717, 1.165) is 12.1 Å². The summed E-state index contributed by atoms with van der Waals surface area (Å²) in [5.74, 6) is -5.23. The summed E-state index contributed by atoms with van der Waals surface area (Å²) in [6.07, 6.45) is -2.23. The van der Waals surface area contributed by atoms with Gasteiger partial charge in [0.2, 0.25) is 0 Å². The van der Waals surface area contributed by atoms with E-state index in [0.29, 0.717) is 16.9 Å². The highest BCUT2D eigenvalue weighted by molar-refractivity contribution is 6.11. The molecular weight excluding hydrogens is 532 g/mol. The number of hydrogen-bond donors (Lipinski definition) is 5. The third kappa shape index (κ3) is 4.29. The van der Waals surface area contributed by atoms with E-state index < -0.39 is 47.1 Å². The van der Waals surface area contributed by atoms with Crippen molar-refractivity contribution in [3.8, 4) is 46.0 Å². The molecule has 0 spiro atoms. The number of ether oxygens (including phenoxy) is 3. The Morgan fingerprint density at radius 2 is 1.00 bits per heavy atom. The monoisotopic (exact) mass is 556 g/mol.